The first-order valence-electron chi connectivity index (χ1n) is 6.22. The van der Waals surface area contributed by atoms with E-state index in [-0.39, 0.29) is 6.03 Å². The molecule has 2 heterocycles. The quantitative estimate of drug-likeness (QED) is 0.690. The average molecular weight is 303 g/mol. The number of H-pyrrole nitrogens is 1. The molecule has 0 radical (unpaired) electrons. The number of rotatable bonds is 4. The van der Waals surface area contributed by atoms with Crippen LogP contribution in [0.1, 0.15) is 5.82 Å². The summed E-state index contributed by atoms with van der Waals surface area (Å²) < 4.78 is 6.12. The molecule has 3 aromatic rings. The van der Waals surface area contributed by atoms with E-state index >= 15 is 0 Å². The molecule has 0 aliphatic heterocycles. The summed E-state index contributed by atoms with van der Waals surface area (Å²) in [7, 11) is 1.61. The van der Waals surface area contributed by atoms with Gasteiger partial charge < -0.3 is 15.0 Å². The van der Waals surface area contributed by atoms with Gasteiger partial charge in [-0.15, -0.1) is 0 Å². The fourth-order valence-electron chi connectivity index (χ4n) is 1.79. The van der Waals surface area contributed by atoms with E-state index in [1.807, 2.05) is 18.2 Å². The number of thiazole rings is 1. The van der Waals surface area contributed by atoms with E-state index in [1.54, 1.807) is 19.5 Å². The van der Waals surface area contributed by atoms with Crippen LogP contribution in [0.15, 0.2) is 30.6 Å². The highest BCUT2D eigenvalue weighted by Gasteiger charge is 2.08. The van der Waals surface area contributed by atoms with E-state index in [2.05, 4.69) is 25.6 Å². The average Bonchev–Trinajstić information content (AvgIpc) is 3.13. The maximum Gasteiger partial charge on any atom is 0.321 e. The number of aromatic amines is 1. The van der Waals surface area contributed by atoms with Crippen LogP contribution in [0, 0.1) is 0 Å². The van der Waals surface area contributed by atoms with Crippen LogP contribution in [0.5, 0.6) is 5.75 Å². The number of ether oxygens (including phenoxy) is 1. The number of amides is 2. The second kappa shape index (κ2) is 5.80. The molecule has 0 spiro atoms. The van der Waals surface area contributed by atoms with Gasteiger partial charge in [0, 0.05) is 12.4 Å². The lowest BCUT2D eigenvalue weighted by atomic mass is 10.3. The van der Waals surface area contributed by atoms with E-state index in [0.717, 1.165) is 16.0 Å². The topological polar surface area (TPSA) is 91.9 Å². The van der Waals surface area contributed by atoms with Crippen molar-refractivity contribution in [3.63, 3.8) is 0 Å². The van der Waals surface area contributed by atoms with E-state index in [1.165, 1.54) is 11.3 Å². The summed E-state index contributed by atoms with van der Waals surface area (Å²) in [6.07, 6.45) is 3.34. The van der Waals surface area contributed by atoms with Crippen LogP contribution in [0.3, 0.4) is 0 Å². The van der Waals surface area contributed by atoms with Crippen molar-refractivity contribution in [1.82, 2.24) is 20.3 Å². The van der Waals surface area contributed by atoms with Gasteiger partial charge in [0.25, 0.3) is 0 Å². The lowest BCUT2D eigenvalue weighted by molar-refractivity contribution is 0.251. The minimum atomic E-state index is -0.322. The van der Waals surface area contributed by atoms with Gasteiger partial charge in [-0.05, 0) is 18.2 Å². The highest BCUT2D eigenvalue weighted by Crippen LogP contribution is 2.28. The molecule has 21 heavy (non-hydrogen) atoms. The van der Waals surface area contributed by atoms with Gasteiger partial charge in [-0.3, -0.25) is 5.32 Å². The number of carbonyl (C=O) groups is 1. The Kier molecular flexibility index (Phi) is 3.69. The monoisotopic (exact) mass is 303 g/mol. The van der Waals surface area contributed by atoms with Crippen LogP contribution in [0.4, 0.5) is 9.93 Å². The summed E-state index contributed by atoms with van der Waals surface area (Å²) >= 11 is 1.39. The number of aromatic nitrogens is 3. The Balaban J connectivity index is 1.65. The summed E-state index contributed by atoms with van der Waals surface area (Å²) in [5, 5.41) is 5.94. The van der Waals surface area contributed by atoms with Crippen molar-refractivity contribution in [2.24, 2.45) is 0 Å². The van der Waals surface area contributed by atoms with Crippen molar-refractivity contribution in [1.29, 1.82) is 0 Å². The van der Waals surface area contributed by atoms with E-state index in [9.17, 15) is 4.79 Å². The second-order valence-corrected chi connectivity index (χ2v) is 5.23. The summed E-state index contributed by atoms with van der Waals surface area (Å²) in [5.74, 6) is 1.46. The zero-order valence-electron chi connectivity index (χ0n) is 11.2. The van der Waals surface area contributed by atoms with Gasteiger partial charge in [0.1, 0.15) is 11.6 Å². The van der Waals surface area contributed by atoms with Crippen molar-refractivity contribution in [3.05, 3.63) is 36.4 Å². The molecule has 2 aromatic heterocycles. The largest absolute Gasteiger partial charge is 0.497 e. The molecule has 1 aromatic carbocycles. The minimum Gasteiger partial charge on any atom is -0.497 e. The highest BCUT2D eigenvalue weighted by atomic mass is 32.1. The molecule has 0 bridgehead atoms. The van der Waals surface area contributed by atoms with Crippen LogP contribution in [-0.4, -0.2) is 28.1 Å². The van der Waals surface area contributed by atoms with Crippen molar-refractivity contribution < 1.29 is 9.53 Å². The molecule has 0 aliphatic rings. The van der Waals surface area contributed by atoms with Crippen LogP contribution in [-0.2, 0) is 6.54 Å². The molecule has 0 saturated carbocycles. The van der Waals surface area contributed by atoms with Gasteiger partial charge in [0.15, 0.2) is 5.13 Å². The van der Waals surface area contributed by atoms with Crippen molar-refractivity contribution in [3.8, 4) is 5.75 Å². The fraction of sp³-hybridized carbons (Fsp3) is 0.154. The molecule has 7 nitrogen and oxygen atoms in total. The van der Waals surface area contributed by atoms with E-state index in [4.69, 9.17) is 4.74 Å². The molecule has 3 N–H and O–H groups in total. The number of methoxy groups -OCH3 is 1. The Morgan fingerprint density at radius 2 is 2.38 bits per heavy atom. The van der Waals surface area contributed by atoms with Crippen molar-refractivity contribution >= 4 is 32.7 Å². The van der Waals surface area contributed by atoms with Gasteiger partial charge in [-0.2, -0.15) is 0 Å². The third kappa shape index (κ3) is 3.11. The molecule has 0 unspecified atom stereocenters. The third-order valence-corrected chi connectivity index (χ3v) is 3.72. The molecule has 3 rings (SSSR count). The Bertz CT molecular complexity index is 753. The first-order valence-corrected chi connectivity index (χ1v) is 7.04. The van der Waals surface area contributed by atoms with Gasteiger partial charge in [0.2, 0.25) is 0 Å². The predicted molar refractivity (Wildman–Crippen MR) is 80.6 cm³/mol. The normalized spacial score (nSPS) is 10.5. The minimum absolute atomic E-state index is 0.322. The van der Waals surface area contributed by atoms with Crippen LogP contribution >= 0.6 is 11.3 Å². The molecule has 0 atom stereocenters. The number of nitrogens with one attached hydrogen (secondary N) is 3. The lowest BCUT2D eigenvalue weighted by Crippen LogP contribution is -2.28. The standard InChI is InChI=1S/C13H13N5O2S/c1-20-8-2-3-9-10(6-8)21-13(17-9)18-12(19)16-7-11-14-4-5-15-11/h2-6H,7H2,1H3,(H,14,15)(H2,16,17,18,19). The smallest absolute Gasteiger partial charge is 0.321 e. The molecular formula is C13H13N5O2S. The Labute approximate surface area is 124 Å². The molecular weight excluding hydrogens is 290 g/mol. The Hall–Kier alpha value is -2.61. The van der Waals surface area contributed by atoms with Crippen LogP contribution < -0.4 is 15.4 Å². The van der Waals surface area contributed by atoms with Gasteiger partial charge in [-0.1, -0.05) is 11.3 Å². The number of nitrogens with zero attached hydrogens (tertiary/aromatic N) is 2. The fourth-order valence-corrected chi connectivity index (χ4v) is 2.67. The van der Waals surface area contributed by atoms with Gasteiger partial charge in [0.05, 0.1) is 23.9 Å². The molecule has 0 saturated heterocycles. The SMILES string of the molecule is COc1ccc2nc(NC(=O)NCc3ncc[nH]3)sc2c1. The van der Waals surface area contributed by atoms with E-state index < -0.39 is 0 Å². The first kappa shape index (κ1) is 13.4. The summed E-state index contributed by atoms with van der Waals surface area (Å²) in [4.78, 5) is 23.1. The number of fused-ring (bicyclic) bond motifs is 1. The molecule has 0 aliphatic carbocycles. The molecule has 8 heteroatoms. The number of urea groups is 1. The van der Waals surface area contributed by atoms with Crippen molar-refractivity contribution in [2.45, 2.75) is 6.54 Å². The summed E-state index contributed by atoms with van der Waals surface area (Å²) in [5.41, 5.74) is 0.821. The zero-order valence-corrected chi connectivity index (χ0v) is 12.0. The van der Waals surface area contributed by atoms with Crippen molar-refractivity contribution in [2.75, 3.05) is 12.4 Å². The molecule has 108 valence electrons. The van der Waals surface area contributed by atoms with Gasteiger partial charge >= 0.3 is 6.03 Å². The Morgan fingerprint density at radius 3 is 3.14 bits per heavy atom. The number of imidazole rings is 1. The highest BCUT2D eigenvalue weighted by molar-refractivity contribution is 7.22. The Morgan fingerprint density at radius 1 is 1.48 bits per heavy atom. The number of hydrogen-bond acceptors (Lipinski definition) is 5. The van der Waals surface area contributed by atoms with Crippen LogP contribution in [0.2, 0.25) is 0 Å². The maximum atomic E-state index is 11.8. The molecule has 2 amide bonds. The number of carbonyl (C=O) groups excluding carboxylic acids is 1. The van der Waals surface area contributed by atoms with Gasteiger partial charge in [-0.25, -0.2) is 14.8 Å². The number of hydrogen-bond donors (Lipinski definition) is 3. The number of benzene rings is 1. The number of anilines is 1. The first-order chi connectivity index (χ1) is 10.2. The summed E-state index contributed by atoms with van der Waals surface area (Å²) in [6, 6.07) is 5.26. The van der Waals surface area contributed by atoms with Crippen LogP contribution in [0.25, 0.3) is 10.2 Å². The maximum absolute atomic E-state index is 11.8. The van der Waals surface area contributed by atoms with E-state index in [0.29, 0.717) is 17.5 Å². The summed E-state index contributed by atoms with van der Waals surface area (Å²) in [6.45, 7) is 0.331. The predicted octanol–water partition coefficient (Wildman–Crippen LogP) is 2.35. The molecule has 0 fully saturated rings. The second-order valence-electron chi connectivity index (χ2n) is 4.20. The third-order valence-electron chi connectivity index (χ3n) is 2.79. The zero-order chi connectivity index (χ0) is 14.7. The lowest BCUT2D eigenvalue weighted by Gasteiger charge is -2.02.